The molecule has 1 aliphatic carbocycles. The van der Waals surface area contributed by atoms with Crippen LogP contribution in [0, 0.1) is 11.1 Å². The molecule has 0 radical (unpaired) electrons. The van der Waals surface area contributed by atoms with E-state index < -0.39 is 5.23 Å². The Morgan fingerprint density at radius 2 is 1.80 bits per heavy atom. The highest BCUT2D eigenvalue weighted by molar-refractivity contribution is 5.81. The van der Waals surface area contributed by atoms with Gasteiger partial charge in [-0.1, -0.05) is 0 Å². The van der Waals surface area contributed by atoms with Crippen molar-refractivity contribution in [2.75, 3.05) is 40.4 Å². The minimum atomic E-state index is -0.987. The van der Waals surface area contributed by atoms with Gasteiger partial charge in [0.05, 0.1) is 14.2 Å². The molecule has 1 heterocycles. The summed E-state index contributed by atoms with van der Waals surface area (Å²) in [6.07, 6.45) is 2.04. The first-order chi connectivity index (χ1) is 12.0. The molecule has 1 unspecified atom stereocenters. The molecule has 138 valence electrons. The van der Waals surface area contributed by atoms with E-state index in [2.05, 4.69) is 4.90 Å². The number of nitrogens with one attached hydrogen (secondary N) is 1. The van der Waals surface area contributed by atoms with Gasteiger partial charge < -0.3 is 19.6 Å². The molecular formula is C17H25N3O5. The third-order valence-corrected chi connectivity index (χ3v) is 4.84. The van der Waals surface area contributed by atoms with Crippen LogP contribution in [0.15, 0.2) is 12.1 Å². The molecule has 1 atom stereocenters. The molecule has 1 amide bonds. The minimum absolute atomic E-state index is 0.217. The Kier molecular flexibility index (Phi) is 5.43. The van der Waals surface area contributed by atoms with E-state index in [1.165, 1.54) is 20.3 Å². The van der Waals surface area contributed by atoms with Crippen LogP contribution in [0.5, 0.6) is 11.5 Å². The van der Waals surface area contributed by atoms with Crippen LogP contribution in [-0.2, 0) is 11.3 Å². The van der Waals surface area contributed by atoms with Crippen molar-refractivity contribution in [2.24, 2.45) is 5.92 Å². The topological polar surface area (TPSA) is 89.7 Å². The normalized spacial score (nSPS) is 19.6. The average Bonchev–Trinajstić information content (AvgIpc) is 3.46. The number of carbonyl (C=O) groups is 1. The summed E-state index contributed by atoms with van der Waals surface area (Å²) in [7, 11) is 3.02. The van der Waals surface area contributed by atoms with Gasteiger partial charge in [0.1, 0.15) is 0 Å². The number of nitrogens with zero attached hydrogens (tertiary/aromatic N) is 2. The second-order valence-corrected chi connectivity index (χ2v) is 6.55. The number of benzene rings is 1. The first kappa shape index (κ1) is 17.9. The molecule has 8 nitrogen and oxygen atoms in total. The molecule has 3 rings (SSSR count). The van der Waals surface area contributed by atoms with Gasteiger partial charge in [0.25, 0.3) is 0 Å². The zero-order valence-electron chi connectivity index (χ0n) is 14.7. The highest BCUT2D eigenvalue weighted by Gasteiger charge is 2.34. The van der Waals surface area contributed by atoms with E-state index in [1.807, 2.05) is 4.90 Å². The van der Waals surface area contributed by atoms with E-state index >= 15 is 0 Å². The third kappa shape index (κ3) is 4.04. The van der Waals surface area contributed by atoms with Crippen molar-refractivity contribution in [3.05, 3.63) is 22.9 Å². The Balaban J connectivity index is 1.68. The average molecular weight is 351 g/mol. The van der Waals surface area contributed by atoms with Crippen LogP contribution in [0.25, 0.3) is 0 Å². The van der Waals surface area contributed by atoms with Gasteiger partial charge in [0.15, 0.2) is 17.2 Å². The van der Waals surface area contributed by atoms with Gasteiger partial charge in [-0.15, -0.1) is 0 Å². The van der Waals surface area contributed by atoms with E-state index in [0.29, 0.717) is 36.7 Å². The lowest BCUT2D eigenvalue weighted by atomic mass is 10.1. The molecule has 1 aromatic rings. The smallest absolute Gasteiger partial charge is 0.225 e. The molecule has 1 saturated carbocycles. The fourth-order valence-corrected chi connectivity index (χ4v) is 3.21. The fraction of sp³-hybridized carbons (Fsp3) is 0.588. The Bertz CT molecular complexity index is 625. The summed E-state index contributed by atoms with van der Waals surface area (Å²) in [6.45, 7) is 3.39. The summed E-state index contributed by atoms with van der Waals surface area (Å²) in [6, 6.07) is 3.23. The number of rotatable bonds is 6. The van der Waals surface area contributed by atoms with Crippen molar-refractivity contribution in [1.82, 2.24) is 9.80 Å². The maximum atomic E-state index is 12.1. The van der Waals surface area contributed by atoms with Crippen LogP contribution in [0.4, 0.5) is 5.69 Å². The number of ether oxygens (including phenoxy) is 2. The SMILES string of the molecule is COc1cc(CN2CCN(C(=O)C3CC3)CC2)c([NH+]([O-])O)cc1OC. The molecule has 2 aliphatic rings. The van der Waals surface area contributed by atoms with E-state index in [4.69, 9.17) is 9.47 Å². The van der Waals surface area contributed by atoms with Gasteiger partial charge in [-0.3, -0.25) is 9.69 Å². The number of carbonyl (C=O) groups excluding carboxylic acids is 1. The number of hydrogen-bond acceptors (Lipinski definition) is 6. The van der Waals surface area contributed by atoms with Gasteiger partial charge >= 0.3 is 0 Å². The van der Waals surface area contributed by atoms with Gasteiger partial charge in [-0.2, -0.15) is 5.23 Å². The van der Waals surface area contributed by atoms with Gasteiger partial charge in [-0.25, -0.2) is 5.21 Å². The molecular weight excluding hydrogens is 326 g/mol. The van der Waals surface area contributed by atoms with Gasteiger partial charge in [0, 0.05) is 50.3 Å². The predicted molar refractivity (Wildman–Crippen MR) is 89.9 cm³/mol. The number of amides is 1. The number of methoxy groups -OCH3 is 2. The molecule has 8 heteroatoms. The Morgan fingerprint density at radius 3 is 2.32 bits per heavy atom. The Hall–Kier alpha value is -1.87. The van der Waals surface area contributed by atoms with E-state index in [9.17, 15) is 15.2 Å². The Labute approximate surface area is 147 Å². The van der Waals surface area contributed by atoms with Crippen molar-refractivity contribution in [1.29, 1.82) is 0 Å². The van der Waals surface area contributed by atoms with Crippen molar-refractivity contribution in [3.63, 3.8) is 0 Å². The van der Waals surface area contributed by atoms with E-state index in [0.717, 1.165) is 25.9 Å². The summed E-state index contributed by atoms with van der Waals surface area (Å²) in [5.41, 5.74) is 0.904. The van der Waals surface area contributed by atoms with Crippen LogP contribution in [0.3, 0.4) is 0 Å². The van der Waals surface area contributed by atoms with Crippen LogP contribution in [0.1, 0.15) is 18.4 Å². The van der Waals surface area contributed by atoms with Crippen molar-refractivity contribution < 1.29 is 24.7 Å². The lowest BCUT2D eigenvalue weighted by Crippen LogP contribution is -2.99. The largest absolute Gasteiger partial charge is 0.595 e. The molecule has 0 aromatic heterocycles. The van der Waals surface area contributed by atoms with Crippen molar-refractivity contribution in [3.8, 4) is 11.5 Å². The first-order valence-corrected chi connectivity index (χ1v) is 8.52. The molecule has 0 bridgehead atoms. The van der Waals surface area contributed by atoms with Crippen molar-refractivity contribution >= 4 is 11.6 Å². The molecule has 1 saturated heterocycles. The number of quaternary nitrogens is 1. The number of piperazine rings is 1. The highest BCUT2D eigenvalue weighted by atomic mass is 16.8. The molecule has 2 fully saturated rings. The lowest BCUT2D eigenvalue weighted by Gasteiger charge is -2.35. The lowest BCUT2D eigenvalue weighted by molar-refractivity contribution is -0.991. The monoisotopic (exact) mass is 351 g/mol. The van der Waals surface area contributed by atoms with E-state index in [-0.39, 0.29) is 17.5 Å². The van der Waals surface area contributed by atoms with Crippen molar-refractivity contribution in [2.45, 2.75) is 19.4 Å². The standard InChI is InChI=1S/C17H25N3O5/c1-24-15-9-13(14(20(22)23)10-16(15)25-2)11-18-5-7-19(8-6-18)17(21)12-3-4-12/h9-10,12,20,22H,3-8,11H2,1-2H3. The van der Waals surface area contributed by atoms with Gasteiger partial charge in [0.2, 0.25) is 5.91 Å². The molecule has 2 N–H and O–H groups in total. The summed E-state index contributed by atoms with van der Waals surface area (Å²) in [5, 5.41) is 20.1. The van der Waals surface area contributed by atoms with E-state index in [1.54, 1.807) is 6.07 Å². The second-order valence-electron chi connectivity index (χ2n) is 6.55. The summed E-state index contributed by atoms with van der Waals surface area (Å²) < 4.78 is 10.5. The van der Waals surface area contributed by atoms with Crippen LogP contribution in [-0.4, -0.2) is 61.3 Å². The molecule has 1 aromatic carbocycles. The zero-order valence-corrected chi connectivity index (χ0v) is 14.7. The minimum Gasteiger partial charge on any atom is -0.595 e. The molecule has 1 aliphatic heterocycles. The van der Waals surface area contributed by atoms with Crippen LogP contribution in [0.2, 0.25) is 0 Å². The Morgan fingerprint density at radius 1 is 1.20 bits per heavy atom. The van der Waals surface area contributed by atoms with Crippen LogP contribution >= 0.6 is 0 Å². The first-order valence-electron chi connectivity index (χ1n) is 8.52. The summed E-state index contributed by atoms with van der Waals surface area (Å²) in [5.74, 6) is 1.45. The highest BCUT2D eigenvalue weighted by Crippen LogP contribution is 2.33. The zero-order chi connectivity index (χ0) is 18.0. The third-order valence-electron chi connectivity index (χ3n) is 4.84. The quantitative estimate of drug-likeness (QED) is 0.710. The summed E-state index contributed by atoms with van der Waals surface area (Å²) >= 11 is 0. The molecule has 0 spiro atoms. The predicted octanol–water partition coefficient (Wildman–Crippen LogP) is 0.161. The van der Waals surface area contributed by atoms with Gasteiger partial charge in [-0.05, 0) is 18.9 Å². The summed E-state index contributed by atoms with van der Waals surface area (Å²) in [4.78, 5) is 16.2. The van der Waals surface area contributed by atoms with Crippen LogP contribution < -0.4 is 14.7 Å². The maximum absolute atomic E-state index is 12.1. The number of hydrogen-bond donors (Lipinski definition) is 2. The maximum Gasteiger partial charge on any atom is 0.225 e. The second kappa shape index (κ2) is 7.57. The molecule has 25 heavy (non-hydrogen) atoms. The fourth-order valence-electron chi connectivity index (χ4n) is 3.21.